The van der Waals surface area contributed by atoms with E-state index in [-0.39, 0.29) is 29.6 Å². The van der Waals surface area contributed by atoms with E-state index in [4.69, 9.17) is 15.2 Å². The average molecular weight is 455 g/mol. The summed E-state index contributed by atoms with van der Waals surface area (Å²) in [5.74, 6) is -0.0107. The molecule has 170 valence electrons. The highest BCUT2D eigenvalue weighted by Gasteiger charge is 2.53. The van der Waals surface area contributed by atoms with Crippen LogP contribution in [0.15, 0.2) is 65.4 Å². The summed E-state index contributed by atoms with van der Waals surface area (Å²) in [6.07, 6.45) is 4.48. The van der Waals surface area contributed by atoms with Crippen molar-refractivity contribution in [1.29, 1.82) is 15.8 Å². The normalized spacial score (nSPS) is 20.7. The highest BCUT2D eigenvalue weighted by Crippen LogP contribution is 2.56. The molecule has 0 saturated carbocycles. The van der Waals surface area contributed by atoms with Gasteiger partial charge in [0.05, 0.1) is 30.5 Å². The molecular formula is C27H23FN4O2. The van der Waals surface area contributed by atoms with Crippen LogP contribution in [0.25, 0.3) is 0 Å². The summed E-state index contributed by atoms with van der Waals surface area (Å²) < 4.78 is 24.5. The molecular weight excluding hydrogens is 431 g/mol. The van der Waals surface area contributed by atoms with Crippen LogP contribution in [0.4, 0.5) is 4.39 Å². The molecule has 0 radical (unpaired) electrons. The lowest BCUT2D eigenvalue weighted by molar-refractivity contribution is 0.294. The second-order valence-corrected chi connectivity index (χ2v) is 8.42. The highest BCUT2D eigenvalue weighted by molar-refractivity contribution is 5.59. The van der Waals surface area contributed by atoms with Crippen molar-refractivity contribution in [3.8, 4) is 29.7 Å². The molecule has 6 nitrogen and oxygen atoms in total. The topological polar surface area (TPSA) is 116 Å². The van der Waals surface area contributed by atoms with Crippen LogP contribution in [0.2, 0.25) is 0 Å². The number of fused-ring (bicyclic) bond motifs is 1. The fourth-order valence-corrected chi connectivity index (χ4v) is 5.02. The molecule has 0 amide bonds. The zero-order valence-electron chi connectivity index (χ0n) is 18.7. The third-order valence-corrected chi connectivity index (χ3v) is 6.68. The Balaban J connectivity index is 1.75. The number of benzene rings is 2. The van der Waals surface area contributed by atoms with E-state index in [2.05, 4.69) is 18.2 Å². The molecule has 0 aliphatic heterocycles. The molecule has 0 spiro atoms. The van der Waals surface area contributed by atoms with Crippen molar-refractivity contribution in [2.24, 2.45) is 17.1 Å². The lowest BCUT2D eigenvalue weighted by atomic mass is 9.56. The van der Waals surface area contributed by atoms with Gasteiger partial charge in [0.25, 0.3) is 0 Å². The second-order valence-electron chi connectivity index (χ2n) is 8.42. The highest BCUT2D eigenvalue weighted by atomic mass is 19.1. The predicted octanol–water partition coefficient (Wildman–Crippen LogP) is 5.01. The van der Waals surface area contributed by atoms with E-state index in [0.29, 0.717) is 11.5 Å². The van der Waals surface area contributed by atoms with Crippen LogP contribution in [-0.2, 0) is 6.61 Å². The number of rotatable bonds is 5. The number of nitrogens with two attached hydrogens (primary N) is 1. The number of halogens is 1. The summed E-state index contributed by atoms with van der Waals surface area (Å²) >= 11 is 0. The fraction of sp³-hybridized carbons (Fsp3) is 0.296. The van der Waals surface area contributed by atoms with Crippen molar-refractivity contribution in [1.82, 2.24) is 0 Å². The first-order chi connectivity index (χ1) is 16.5. The Morgan fingerprint density at radius 1 is 1.12 bits per heavy atom. The van der Waals surface area contributed by atoms with Crippen molar-refractivity contribution in [2.75, 3.05) is 7.11 Å². The van der Waals surface area contributed by atoms with Gasteiger partial charge in [0.2, 0.25) is 0 Å². The Bertz CT molecular complexity index is 1280. The molecule has 2 aliphatic rings. The Kier molecular flexibility index (Phi) is 6.26. The summed E-state index contributed by atoms with van der Waals surface area (Å²) in [6, 6.07) is 17.7. The second kappa shape index (κ2) is 9.30. The van der Waals surface area contributed by atoms with E-state index < -0.39 is 11.3 Å². The van der Waals surface area contributed by atoms with E-state index >= 15 is 0 Å². The minimum absolute atomic E-state index is 0.0112. The van der Waals surface area contributed by atoms with Gasteiger partial charge in [0.1, 0.15) is 30.0 Å². The summed E-state index contributed by atoms with van der Waals surface area (Å²) in [6.45, 7) is 0.191. The standard InChI is InChI=1S/C27H23FN4O2/c1-33-24-12-17(6-7-18(24)14-34-20-10-8-19(28)9-11-20)25-22-5-3-2-4-21(22)23(13-29)26(32)27(25,15-30)16-31/h4,6-12,22,25H,2-3,5,14,32H2,1H3/t22-,25+/m0/s1. The van der Waals surface area contributed by atoms with Gasteiger partial charge in [-0.3, -0.25) is 0 Å². The lowest BCUT2D eigenvalue weighted by Gasteiger charge is -2.43. The quantitative estimate of drug-likeness (QED) is 0.679. The average Bonchev–Trinajstić information content (AvgIpc) is 2.88. The van der Waals surface area contributed by atoms with Gasteiger partial charge < -0.3 is 15.2 Å². The van der Waals surface area contributed by atoms with E-state index in [1.807, 2.05) is 24.3 Å². The molecule has 2 aliphatic carbocycles. The van der Waals surface area contributed by atoms with Gasteiger partial charge in [0.15, 0.2) is 5.41 Å². The minimum Gasteiger partial charge on any atom is -0.496 e. The third-order valence-electron chi connectivity index (χ3n) is 6.68. The van der Waals surface area contributed by atoms with Crippen LogP contribution in [0, 0.1) is 51.1 Å². The molecule has 0 aromatic heterocycles. The number of ether oxygens (including phenoxy) is 2. The van der Waals surface area contributed by atoms with Crippen molar-refractivity contribution >= 4 is 0 Å². The Hall–Kier alpha value is -4.28. The van der Waals surface area contributed by atoms with Crippen LogP contribution >= 0.6 is 0 Å². The SMILES string of the molecule is COc1cc([C@@H]2[C@H]3CCCC=C3C(C#N)=C(N)C2(C#N)C#N)ccc1COc1ccc(F)cc1. The van der Waals surface area contributed by atoms with Crippen molar-refractivity contribution in [3.05, 3.63) is 82.3 Å². The van der Waals surface area contributed by atoms with Crippen LogP contribution in [-0.4, -0.2) is 7.11 Å². The molecule has 7 heteroatoms. The van der Waals surface area contributed by atoms with Crippen molar-refractivity contribution in [3.63, 3.8) is 0 Å². The molecule has 2 atom stereocenters. The summed E-state index contributed by atoms with van der Waals surface area (Å²) in [4.78, 5) is 0. The van der Waals surface area contributed by atoms with E-state index in [1.54, 1.807) is 12.1 Å². The van der Waals surface area contributed by atoms with E-state index in [9.17, 15) is 20.2 Å². The summed E-state index contributed by atoms with van der Waals surface area (Å²) in [5.41, 5.74) is 7.25. The van der Waals surface area contributed by atoms with Gasteiger partial charge in [-0.25, -0.2) is 4.39 Å². The Morgan fingerprint density at radius 3 is 2.50 bits per heavy atom. The molecule has 2 aromatic rings. The lowest BCUT2D eigenvalue weighted by Crippen LogP contribution is -2.42. The maximum atomic E-state index is 13.1. The number of hydrogen-bond acceptors (Lipinski definition) is 6. The zero-order valence-corrected chi connectivity index (χ0v) is 18.7. The molecule has 34 heavy (non-hydrogen) atoms. The number of hydrogen-bond donors (Lipinski definition) is 1. The maximum Gasteiger partial charge on any atom is 0.191 e. The smallest absolute Gasteiger partial charge is 0.191 e. The van der Waals surface area contributed by atoms with E-state index in [1.165, 1.54) is 19.2 Å². The first kappa shape index (κ1) is 22.9. The van der Waals surface area contributed by atoms with Gasteiger partial charge in [-0.05, 0) is 66.6 Å². The molecule has 0 heterocycles. The first-order valence-corrected chi connectivity index (χ1v) is 11.0. The summed E-state index contributed by atoms with van der Waals surface area (Å²) in [7, 11) is 1.54. The molecule has 2 aromatic carbocycles. The van der Waals surface area contributed by atoms with Crippen LogP contribution < -0.4 is 15.2 Å². The first-order valence-electron chi connectivity index (χ1n) is 11.0. The number of nitriles is 3. The maximum absolute atomic E-state index is 13.1. The van der Waals surface area contributed by atoms with Gasteiger partial charge in [-0.2, -0.15) is 15.8 Å². The van der Waals surface area contributed by atoms with Crippen LogP contribution in [0.5, 0.6) is 11.5 Å². The number of allylic oxidation sites excluding steroid dienone is 4. The monoisotopic (exact) mass is 454 g/mol. The molecule has 0 saturated heterocycles. The molecule has 0 bridgehead atoms. The van der Waals surface area contributed by atoms with Crippen molar-refractivity contribution in [2.45, 2.75) is 31.8 Å². The fourth-order valence-electron chi connectivity index (χ4n) is 5.02. The van der Waals surface area contributed by atoms with Gasteiger partial charge in [-0.15, -0.1) is 0 Å². The molecule has 4 rings (SSSR count). The van der Waals surface area contributed by atoms with E-state index in [0.717, 1.165) is 36.0 Å². The molecule has 0 fully saturated rings. The van der Waals surface area contributed by atoms with Gasteiger partial charge in [-0.1, -0.05) is 18.2 Å². The minimum atomic E-state index is -1.67. The largest absolute Gasteiger partial charge is 0.496 e. The third kappa shape index (κ3) is 3.74. The van der Waals surface area contributed by atoms with Gasteiger partial charge in [0, 0.05) is 11.5 Å². The van der Waals surface area contributed by atoms with Crippen molar-refractivity contribution < 1.29 is 13.9 Å². The van der Waals surface area contributed by atoms with Crippen LogP contribution in [0.3, 0.4) is 0 Å². The zero-order chi connectivity index (χ0) is 24.3. The molecule has 0 unspecified atom stereocenters. The summed E-state index contributed by atoms with van der Waals surface area (Å²) in [5, 5.41) is 30.1. The molecule has 2 N–H and O–H groups in total. The number of nitrogens with zero attached hydrogens (tertiary/aromatic N) is 3. The van der Waals surface area contributed by atoms with Crippen LogP contribution in [0.1, 0.15) is 36.3 Å². The predicted molar refractivity (Wildman–Crippen MR) is 122 cm³/mol. The Morgan fingerprint density at radius 2 is 1.85 bits per heavy atom. The number of methoxy groups -OCH3 is 1. The Labute approximate surface area is 197 Å². The van der Waals surface area contributed by atoms with Gasteiger partial charge >= 0.3 is 0 Å².